The van der Waals surface area contributed by atoms with Gasteiger partial charge in [-0.05, 0) is 41.8 Å². The van der Waals surface area contributed by atoms with Crippen molar-refractivity contribution in [2.24, 2.45) is 0 Å². The van der Waals surface area contributed by atoms with E-state index < -0.39 is 4.92 Å². The Morgan fingerprint density at radius 1 is 1.16 bits per heavy atom. The van der Waals surface area contributed by atoms with Gasteiger partial charge in [-0.2, -0.15) is 4.52 Å². The van der Waals surface area contributed by atoms with Crippen LogP contribution in [0.25, 0.3) is 11.0 Å². The SMILES string of the molecule is COc1ccc(OC)c(CCc2nc3s/c(=C\c4cccc([N+](=O)[O-])c4)c(=O)n3n2)c1. The molecule has 0 aliphatic carbocycles. The largest absolute Gasteiger partial charge is 0.497 e. The molecule has 0 radical (unpaired) electrons. The minimum atomic E-state index is -0.470. The molecular weight excluding hydrogens is 420 g/mol. The molecule has 0 unspecified atom stereocenters. The van der Waals surface area contributed by atoms with Crippen molar-refractivity contribution in [2.45, 2.75) is 12.8 Å². The number of rotatable bonds is 7. The fourth-order valence-electron chi connectivity index (χ4n) is 3.18. The van der Waals surface area contributed by atoms with Gasteiger partial charge >= 0.3 is 0 Å². The molecule has 31 heavy (non-hydrogen) atoms. The molecule has 158 valence electrons. The lowest BCUT2D eigenvalue weighted by atomic mass is 10.1. The van der Waals surface area contributed by atoms with Crippen LogP contribution >= 0.6 is 11.3 Å². The number of thiazole rings is 1. The Bertz CT molecular complexity index is 1380. The van der Waals surface area contributed by atoms with Crippen molar-refractivity contribution in [2.75, 3.05) is 14.2 Å². The van der Waals surface area contributed by atoms with Gasteiger partial charge in [0.1, 0.15) is 11.5 Å². The first-order chi connectivity index (χ1) is 15.0. The van der Waals surface area contributed by atoms with Crippen LogP contribution in [0, 0.1) is 10.1 Å². The highest BCUT2D eigenvalue weighted by Crippen LogP contribution is 2.25. The van der Waals surface area contributed by atoms with E-state index in [4.69, 9.17) is 9.47 Å². The van der Waals surface area contributed by atoms with Crippen LogP contribution in [0.4, 0.5) is 5.69 Å². The molecule has 0 aliphatic rings. The van der Waals surface area contributed by atoms with E-state index in [0.717, 1.165) is 17.1 Å². The van der Waals surface area contributed by atoms with Crippen LogP contribution < -0.4 is 19.6 Å². The molecular formula is C21H18N4O5S. The standard InChI is InChI=1S/C21H18N4O5S/c1-29-16-7-8-17(30-2)14(12-16)6-9-19-22-21-24(23-19)20(26)18(31-21)11-13-4-3-5-15(10-13)25(27)28/h3-5,7-8,10-12H,6,9H2,1-2H3/b18-11-. The molecule has 4 aromatic rings. The summed E-state index contributed by atoms with van der Waals surface area (Å²) in [6, 6.07) is 11.7. The number of fused-ring (bicyclic) bond motifs is 1. The Labute approximate surface area is 180 Å². The fraction of sp³-hybridized carbons (Fsp3) is 0.190. The highest BCUT2D eigenvalue weighted by Gasteiger charge is 2.13. The van der Waals surface area contributed by atoms with Crippen molar-refractivity contribution in [3.8, 4) is 11.5 Å². The van der Waals surface area contributed by atoms with E-state index in [1.54, 1.807) is 32.4 Å². The summed E-state index contributed by atoms with van der Waals surface area (Å²) in [5.41, 5.74) is 1.20. The Kier molecular flexibility index (Phi) is 5.63. The third-order valence-corrected chi connectivity index (χ3v) is 5.67. The number of non-ortho nitro benzene ring substituents is 1. The fourth-order valence-corrected chi connectivity index (χ4v) is 4.11. The number of benzene rings is 2. The molecule has 0 bridgehead atoms. The van der Waals surface area contributed by atoms with E-state index in [2.05, 4.69) is 10.1 Å². The molecule has 9 nitrogen and oxygen atoms in total. The number of ether oxygens (including phenoxy) is 2. The van der Waals surface area contributed by atoms with Gasteiger partial charge in [-0.1, -0.05) is 23.5 Å². The number of nitrogens with zero attached hydrogens (tertiary/aromatic N) is 4. The average Bonchev–Trinajstić information content (AvgIpc) is 3.30. The molecule has 2 heterocycles. The quantitative estimate of drug-likeness (QED) is 0.322. The second kappa shape index (κ2) is 8.52. The topological polar surface area (TPSA) is 109 Å². The van der Waals surface area contributed by atoms with Crippen molar-refractivity contribution in [1.29, 1.82) is 0 Å². The molecule has 4 rings (SSSR count). The first-order valence-corrected chi connectivity index (χ1v) is 10.2. The van der Waals surface area contributed by atoms with E-state index in [0.29, 0.717) is 33.7 Å². The maximum absolute atomic E-state index is 12.7. The molecule has 0 spiro atoms. The zero-order valence-electron chi connectivity index (χ0n) is 16.8. The summed E-state index contributed by atoms with van der Waals surface area (Å²) >= 11 is 1.20. The predicted molar refractivity (Wildman–Crippen MR) is 116 cm³/mol. The van der Waals surface area contributed by atoms with Gasteiger partial charge in [0.25, 0.3) is 11.2 Å². The normalized spacial score (nSPS) is 11.7. The molecule has 0 atom stereocenters. The van der Waals surface area contributed by atoms with Gasteiger partial charge in [0, 0.05) is 18.6 Å². The van der Waals surface area contributed by atoms with Crippen LogP contribution in [-0.4, -0.2) is 33.7 Å². The van der Waals surface area contributed by atoms with Crippen LogP contribution in [0.15, 0.2) is 47.3 Å². The third kappa shape index (κ3) is 4.24. The molecule has 2 aromatic heterocycles. The van der Waals surface area contributed by atoms with Crippen LogP contribution in [-0.2, 0) is 12.8 Å². The van der Waals surface area contributed by atoms with Crippen LogP contribution in [0.2, 0.25) is 0 Å². The predicted octanol–water partition coefficient (Wildman–Crippen LogP) is 2.41. The highest BCUT2D eigenvalue weighted by molar-refractivity contribution is 7.15. The van der Waals surface area contributed by atoms with Gasteiger partial charge in [-0.25, -0.2) is 4.98 Å². The van der Waals surface area contributed by atoms with Gasteiger partial charge in [0.2, 0.25) is 4.96 Å². The third-order valence-electron chi connectivity index (χ3n) is 4.71. The van der Waals surface area contributed by atoms with Crippen LogP contribution in [0.1, 0.15) is 17.0 Å². The molecule has 0 amide bonds. The Hall–Kier alpha value is -3.79. The van der Waals surface area contributed by atoms with Crippen molar-refractivity contribution < 1.29 is 14.4 Å². The van der Waals surface area contributed by atoms with Crippen molar-refractivity contribution in [1.82, 2.24) is 14.6 Å². The summed E-state index contributed by atoms with van der Waals surface area (Å²) in [7, 11) is 3.22. The smallest absolute Gasteiger partial charge is 0.291 e. The number of nitro benzene ring substituents is 1. The highest BCUT2D eigenvalue weighted by atomic mass is 32.1. The van der Waals surface area contributed by atoms with Gasteiger partial charge < -0.3 is 9.47 Å². The lowest BCUT2D eigenvalue weighted by Gasteiger charge is -2.09. The number of hydrogen-bond donors (Lipinski definition) is 0. The maximum atomic E-state index is 12.7. The maximum Gasteiger partial charge on any atom is 0.291 e. The average molecular weight is 438 g/mol. The number of methoxy groups -OCH3 is 2. The van der Waals surface area contributed by atoms with Crippen molar-refractivity contribution in [3.63, 3.8) is 0 Å². The number of nitro groups is 1. The monoisotopic (exact) mass is 438 g/mol. The van der Waals surface area contributed by atoms with Gasteiger partial charge in [-0.15, -0.1) is 5.10 Å². The van der Waals surface area contributed by atoms with Crippen LogP contribution in [0.3, 0.4) is 0 Å². The second-order valence-corrected chi connectivity index (χ2v) is 7.68. The molecule has 0 N–H and O–H groups in total. The summed E-state index contributed by atoms with van der Waals surface area (Å²) in [6.07, 6.45) is 2.76. The van der Waals surface area contributed by atoms with E-state index in [1.165, 1.54) is 28.0 Å². The number of aromatic nitrogens is 3. The van der Waals surface area contributed by atoms with Gasteiger partial charge in [0.05, 0.1) is 23.7 Å². The van der Waals surface area contributed by atoms with Crippen molar-refractivity contribution >= 4 is 28.1 Å². The number of aryl methyl sites for hydroxylation is 2. The lowest BCUT2D eigenvalue weighted by Crippen LogP contribution is -2.23. The first kappa shape index (κ1) is 20.5. The Morgan fingerprint density at radius 2 is 2.00 bits per heavy atom. The van der Waals surface area contributed by atoms with Gasteiger partial charge in [0.15, 0.2) is 5.82 Å². The van der Waals surface area contributed by atoms with Crippen molar-refractivity contribution in [3.05, 3.63) is 84.4 Å². The van der Waals surface area contributed by atoms with E-state index >= 15 is 0 Å². The minimum Gasteiger partial charge on any atom is -0.497 e. The summed E-state index contributed by atoms with van der Waals surface area (Å²) in [5, 5.41) is 15.3. The Morgan fingerprint density at radius 3 is 2.71 bits per heavy atom. The summed E-state index contributed by atoms with van der Waals surface area (Å²) in [4.78, 5) is 28.1. The molecule has 0 saturated carbocycles. The molecule has 0 saturated heterocycles. The van der Waals surface area contributed by atoms with Crippen LogP contribution in [0.5, 0.6) is 11.5 Å². The first-order valence-electron chi connectivity index (χ1n) is 9.34. The summed E-state index contributed by atoms with van der Waals surface area (Å²) in [6.45, 7) is 0. The van der Waals surface area contributed by atoms with E-state index in [-0.39, 0.29) is 11.2 Å². The molecule has 0 aliphatic heterocycles. The van der Waals surface area contributed by atoms with E-state index in [1.807, 2.05) is 18.2 Å². The zero-order valence-corrected chi connectivity index (χ0v) is 17.6. The summed E-state index contributed by atoms with van der Waals surface area (Å²) < 4.78 is 12.3. The lowest BCUT2D eigenvalue weighted by molar-refractivity contribution is -0.384. The minimum absolute atomic E-state index is 0.0316. The second-order valence-electron chi connectivity index (χ2n) is 6.67. The van der Waals surface area contributed by atoms with Gasteiger partial charge in [-0.3, -0.25) is 14.9 Å². The van der Waals surface area contributed by atoms with E-state index in [9.17, 15) is 14.9 Å². The molecule has 10 heteroatoms. The molecule has 2 aromatic carbocycles. The zero-order chi connectivity index (χ0) is 22.0. The summed E-state index contributed by atoms with van der Waals surface area (Å²) in [5.74, 6) is 2.04. The Balaban J connectivity index is 1.59. The number of hydrogen-bond acceptors (Lipinski definition) is 8. The molecule has 0 fully saturated rings.